The van der Waals surface area contributed by atoms with E-state index < -0.39 is 0 Å². The van der Waals surface area contributed by atoms with E-state index in [9.17, 15) is 5.11 Å². The average Bonchev–Trinajstić information content (AvgIpc) is 3.08. The maximum Gasteiger partial charge on any atom is 0.0499 e. The zero-order chi connectivity index (χ0) is 11.3. The van der Waals surface area contributed by atoms with Gasteiger partial charge in [-0.2, -0.15) is 0 Å². The number of hydrogen-bond donors (Lipinski definition) is 1. The number of aliphatic hydroxyl groups excluding tert-OH is 1. The molecule has 0 heterocycles. The molecule has 0 saturated heterocycles. The van der Waals surface area contributed by atoms with E-state index in [4.69, 9.17) is 0 Å². The van der Waals surface area contributed by atoms with E-state index in [1.807, 2.05) is 0 Å². The lowest BCUT2D eigenvalue weighted by Gasteiger charge is -2.35. The zero-order valence-electron chi connectivity index (χ0n) is 10.6. The van der Waals surface area contributed by atoms with Crippen molar-refractivity contribution in [2.45, 2.75) is 46.5 Å². The number of nitrogens with zero attached hydrogens (tertiary/aromatic N) is 1. The second kappa shape index (κ2) is 5.86. The molecule has 0 aromatic carbocycles. The summed E-state index contributed by atoms with van der Waals surface area (Å²) in [6.45, 7) is 10.4. The third kappa shape index (κ3) is 3.76. The highest BCUT2D eigenvalue weighted by Crippen LogP contribution is 2.32. The average molecular weight is 213 g/mol. The minimum absolute atomic E-state index is 0.144. The fraction of sp³-hybridized carbons (Fsp3) is 1.00. The van der Waals surface area contributed by atoms with E-state index in [2.05, 4.69) is 25.7 Å². The lowest BCUT2D eigenvalue weighted by molar-refractivity contribution is 0.0659. The van der Waals surface area contributed by atoms with Gasteiger partial charge >= 0.3 is 0 Å². The van der Waals surface area contributed by atoms with Gasteiger partial charge < -0.3 is 10.0 Å². The Balaban J connectivity index is 2.44. The second-order valence-corrected chi connectivity index (χ2v) is 5.14. The van der Waals surface area contributed by atoms with Gasteiger partial charge in [0.2, 0.25) is 0 Å². The third-order valence-electron chi connectivity index (χ3n) is 4.05. The first kappa shape index (κ1) is 13.0. The molecule has 90 valence electrons. The minimum atomic E-state index is 0.144. The van der Waals surface area contributed by atoms with Gasteiger partial charge in [-0.3, -0.25) is 0 Å². The SMILES string of the molecule is CCN(CC1CC1)CC(CC)(CC)CO. The van der Waals surface area contributed by atoms with Crippen molar-refractivity contribution in [3.8, 4) is 0 Å². The van der Waals surface area contributed by atoms with Crippen molar-refractivity contribution in [1.82, 2.24) is 4.90 Å². The molecule has 1 saturated carbocycles. The second-order valence-electron chi connectivity index (χ2n) is 5.14. The largest absolute Gasteiger partial charge is 0.396 e. The van der Waals surface area contributed by atoms with Crippen LogP contribution in [0.25, 0.3) is 0 Å². The quantitative estimate of drug-likeness (QED) is 0.669. The van der Waals surface area contributed by atoms with E-state index in [1.165, 1.54) is 19.4 Å². The van der Waals surface area contributed by atoms with Gasteiger partial charge in [-0.1, -0.05) is 20.8 Å². The Hall–Kier alpha value is -0.0800. The molecule has 0 aromatic rings. The summed E-state index contributed by atoms with van der Waals surface area (Å²) < 4.78 is 0. The topological polar surface area (TPSA) is 23.5 Å². The van der Waals surface area contributed by atoms with Crippen molar-refractivity contribution >= 4 is 0 Å². The Morgan fingerprint density at radius 1 is 1.20 bits per heavy atom. The Labute approximate surface area is 94.7 Å². The van der Waals surface area contributed by atoms with Crippen LogP contribution < -0.4 is 0 Å². The van der Waals surface area contributed by atoms with Gasteiger partial charge in [0, 0.05) is 25.1 Å². The molecule has 15 heavy (non-hydrogen) atoms. The molecule has 2 nitrogen and oxygen atoms in total. The summed E-state index contributed by atoms with van der Waals surface area (Å²) in [5.74, 6) is 0.954. The molecule has 0 atom stereocenters. The lowest BCUT2D eigenvalue weighted by Crippen LogP contribution is -2.40. The maximum atomic E-state index is 9.54. The number of aliphatic hydroxyl groups is 1. The summed E-state index contributed by atoms with van der Waals surface area (Å²) >= 11 is 0. The van der Waals surface area contributed by atoms with Crippen LogP contribution in [0.15, 0.2) is 0 Å². The molecule has 0 radical (unpaired) electrons. The Morgan fingerprint density at radius 3 is 2.13 bits per heavy atom. The van der Waals surface area contributed by atoms with Gasteiger partial charge in [0.15, 0.2) is 0 Å². The Morgan fingerprint density at radius 2 is 1.80 bits per heavy atom. The van der Waals surface area contributed by atoms with Crippen LogP contribution in [0.3, 0.4) is 0 Å². The number of hydrogen-bond acceptors (Lipinski definition) is 2. The van der Waals surface area contributed by atoms with Crippen molar-refractivity contribution in [2.75, 3.05) is 26.2 Å². The molecule has 2 heteroatoms. The van der Waals surface area contributed by atoms with Gasteiger partial charge in [-0.05, 0) is 38.1 Å². The summed E-state index contributed by atoms with van der Waals surface area (Å²) in [7, 11) is 0. The van der Waals surface area contributed by atoms with E-state index in [0.29, 0.717) is 6.61 Å². The predicted molar refractivity (Wildman–Crippen MR) is 64.9 cm³/mol. The lowest BCUT2D eigenvalue weighted by atomic mass is 9.82. The van der Waals surface area contributed by atoms with E-state index in [0.717, 1.165) is 31.8 Å². The molecule has 1 fully saturated rings. The van der Waals surface area contributed by atoms with Crippen LogP contribution in [0.4, 0.5) is 0 Å². The first-order valence-corrected chi connectivity index (χ1v) is 6.53. The zero-order valence-corrected chi connectivity index (χ0v) is 10.6. The van der Waals surface area contributed by atoms with Crippen LogP contribution in [-0.4, -0.2) is 36.2 Å². The smallest absolute Gasteiger partial charge is 0.0499 e. The molecule has 0 unspecified atom stereocenters. The van der Waals surface area contributed by atoms with Gasteiger partial charge in [0.25, 0.3) is 0 Å². The van der Waals surface area contributed by atoms with Crippen LogP contribution in [0.5, 0.6) is 0 Å². The highest BCUT2D eigenvalue weighted by Gasteiger charge is 2.30. The highest BCUT2D eigenvalue weighted by molar-refractivity contribution is 4.83. The summed E-state index contributed by atoms with van der Waals surface area (Å²) in [5.41, 5.74) is 0.144. The number of rotatable bonds is 8. The molecule has 0 aromatic heterocycles. The van der Waals surface area contributed by atoms with Crippen LogP contribution in [0, 0.1) is 11.3 Å². The van der Waals surface area contributed by atoms with E-state index in [-0.39, 0.29) is 5.41 Å². The highest BCUT2D eigenvalue weighted by atomic mass is 16.3. The maximum absolute atomic E-state index is 9.54. The van der Waals surface area contributed by atoms with Crippen molar-refractivity contribution < 1.29 is 5.11 Å². The van der Waals surface area contributed by atoms with Crippen LogP contribution in [-0.2, 0) is 0 Å². The first-order chi connectivity index (χ1) is 7.19. The molecule has 0 amide bonds. The molecular formula is C13H27NO. The third-order valence-corrected chi connectivity index (χ3v) is 4.05. The fourth-order valence-corrected chi connectivity index (χ4v) is 2.19. The Bertz CT molecular complexity index is 165. The van der Waals surface area contributed by atoms with Gasteiger partial charge in [-0.25, -0.2) is 0 Å². The molecule has 0 spiro atoms. The van der Waals surface area contributed by atoms with Crippen molar-refractivity contribution in [3.05, 3.63) is 0 Å². The van der Waals surface area contributed by atoms with Crippen LogP contribution in [0.2, 0.25) is 0 Å². The summed E-state index contributed by atoms with van der Waals surface area (Å²) in [6.07, 6.45) is 5.00. The summed E-state index contributed by atoms with van der Waals surface area (Å²) in [4.78, 5) is 2.53. The molecule has 1 rings (SSSR count). The molecular weight excluding hydrogens is 186 g/mol. The van der Waals surface area contributed by atoms with E-state index in [1.54, 1.807) is 0 Å². The van der Waals surface area contributed by atoms with Gasteiger partial charge in [0.05, 0.1) is 0 Å². The Kier molecular flexibility index (Phi) is 5.07. The summed E-state index contributed by atoms with van der Waals surface area (Å²) in [6, 6.07) is 0. The normalized spacial score (nSPS) is 17.4. The molecule has 1 N–H and O–H groups in total. The predicted octanol–water partition coefficient (Wildman–Crippen LogP) is 2.52. The van der Waals surface area contributed by atoms with Gasteiger partial charge in [-0.15, -0.1) is 0 Å². The van der Waals surface area contributed by atoms with Crippen molar-refractivity contribution in [3.63, 3.8) is 0 Å². The molecule has 0 aliphatic heterocycles. The standard InChI is InChI=1S/C13H27NO/c1-4-13(5-2,11-15)10-14(6-3)9-12-7-8-12/h12,15H,4-11H2,1-3H3. The van der Waals surface area contributed by atoms with E-state index >= 15 is 0 Å². The minimum Gasteiger partial charge on any atom is -0.396 e. The van der Waals surface area contributed by atoms with Gasteiger partial charge in [0.1, 0.15) is 0 Å². The summed E-state index contributed by atoms with van der Waals surface area (Å²) in [5, 5.41) is 9.54. The molecule has 0 bridgehead atoms. The fourth-order valence-electron chi connectivity index (χ4n) is 2.19. The van der Waals surface area contributed by atoms with Crippen LogP contribution in [0.1, 0.15) is 46.5 Å². The monoisotopic (exact) mass is 213 g/mol. The molecule has 1 aliphatic carbocycles. The van der Waals surface area contributed by atoms with Crippen LogP contribution >= 0.6 is 0 Å². The first-order valence-electron chi connectivity index (χ1n) is 6.53. The van der Waals surface area contributed by atoms with Crippen molar-refractivity contribution in [1.29, 1.82) is 0 Å². The molecule has 1 aliphatic rings. The van der Waals surface area contributed by atoms with Crippen molar-refractivity contribution in [2.24, 2.45) is 11.3 Å².